The van der Waals surface area contributed by atoms with Crippen molar-refractivity contribution in [3.05, 3.63) is 40.2 Å². The highest BCUT2D eigenvalue weighted by Gasteiger charge is 2.26. The molecule has 0 radical (unpaired) electrons. The molecule has 0 aliphatic rings. The quantitative estimate of drug-likeness (QED) is 0.819. The number of benzene rings is 1. The fourth-order valence-corrected chi connectivity index (χ4v) is 4.50. The van der Waals surface area contributed by atoms with Gasteiger partial charge in [0.15, 0.2) is 0 Å². The van der Waals surface area contributed by atoms with Crippen LogP contribution in [0.2, 0.25) is 0 Å². The van der Waals surface area contributed by atoms with Gasteiger partial charge < -0.3 is 5.32 Å². The molecule has 0 aliphatic heterocycles. The van der Waals surface area contributed by atoms with Gasteiger partial charge in [-0.15, -0.1) is 0 Å². The number of aromatic nitrogens is 2. The number of hydrogen-bond donors (Lipinski definition) is 1. The third-order valence-corrected chi connectivity index (χ3v) is 6.61. The summed E-state index contributed by atoms with van der Waals surface area (Å²) in [5.74, 6) is -0.130. The minimum absolute atomic E-state index is 0.130. The van der Waals surface area contributed by atoms with Crippen molar-refractivity contribution in [3.63, 3.8) is 0 Å². The Morgan fingerprint density at radius 1 is 1.11 bits per heavy atom. The van der Waals surface area contributed by atoms with Gasteiger partial charge in [0.05, 0.1) is 17.9 Å². The van der Waals surface area contributed by atoms with Gasteiger partial charge in [-0.25, -0.2) is 12.7 Å². The second kappa shape index (κ2) is 7.82. The van der Waals surface area contributed by atoms with Crippen LogP contribution in [0.5, 0.6) is 0 Å². The fraction of sp³-hybridized carbons (Fsp3) is 0.474. The molecule has 0 fully saturated rings. The van der Waals surface area contributed by atoms with E-state index < -0.39 is 10.0 Å². The summed E-state index contributed by atoms with van der Waals surface area (Å²) in [4.78, 5) is 12.6. The Bertz CT molecular complexity index is 952. The van der Waals surface area contributed by atoms with Crippen LogP contribution in [-0.4, -0.2) is 42.5 Å². The van der Waals surface area contributed by atoms with Gasteiger partial charge in [0, 0.05) is 26.2 Å². The average Bonchev–Trinajstić information content (AvgIpc) is 2.83. The molecular formula is C19H28N4O3S. The first-order valence-electron chi connectivity index (χ1n) is 8.79. The smallest absolute Gasteiger partial charge is 0.246 e. The van der Waals surface area contributed by atoms with Crippen molar-refractivity contribution in [3.8, 4) is 0 Å². The second-order valence-corrected chi connectivity index (χ2v) is 9.17. The molecule has 0 unspecified atom stereocenters. The summed E-state index contributed by atoms with van der Waals surface area (Å²) in [5.41, 5.74) is 5.00. The topological polar surface area (TPSA) is 84.3 Å². The van der Waals surface area contributed by atoms with E-state index in [1.54, 1.807) is 18.5 Å². The number of amides is 1. The Hall–Kier alpha value is -2.19. The number of sulfonamides is 1. The molecule has 1 aromatic carbocycles. The molecule has 0 atom stereocenters. The Morgan fingerprint density at radius 2 is 1.67 bits per heavy atom. The summed E-state index contributed by atoms with van der Waals surface area (Å²) in [7, 11) is -0.588. The first kappa shape index (κ1) is 21.1. The Kier molecular flexibility index (Phi) is 6.11. The van der Waals surface area contributed by atoms with E-state index in [0.29, 0.717) is 17.9 Å². The lowest BCUT2D eigenvalue weighted by Gasteiger charge is -2.13. The number of carbonyl (C=O) groups is 1. The summed E-state index contributed by atoms with van der Waals surface area (Å²) in [6.45, 7) is 9.64. The minimum atomic E-state index is -3.57. The zero-order valence-corrected chi connectivity index (χ0v) is 17.9. The molecule has 7 nitrogen and oxygen atoms in total. The first-order chi connectivity index (χ1) is 12.4. The molecule has 1 aromatic heterocycles. The summed E-state index contributed by atoms with van der Waals surface area (Å²) in [5, 5.41) is 7.27. The van der Waals surface area contributed by atoms with E-state index in [2.05, 4.69) is 10.4 Å². The second-order valence-electron chi connectivity index (χ2n) is 7.08. The van der Waals surface area contributed by atoms with Crippen LogP contribution < -0.4 is 5.32 Å². The standard InChI is InChI=1S/C19H28N4O3S/c1-12-10-13(2)18(14(3)11-12)20-17(24)8-9-23-16(5)19(15(4)21-23)27(25,26)22(6)7/h10-11H,8-9H2,1-7H3,(H,20,24). The number of aryl methyl sites for hydroxylation is 5. The Labute approximate surface area is 161 Å². The van der Waals surface area contributed by atoms with Gasteiger partial charge in [0.25, 0.3) is 0 Å². The summed E-state index contributed by atoms with van der Waals surface area (Å²) >= 11 is 0. The first-order valence-corrected chi connectivity index (χ1v) is 10.2. The minimum Gasteiger partial charge on any atom is -0.326 e. The molecule has 2 rings (SSSR count). The number of carbonyl (C=O) groups excluding carboxylic acids is 1. The highest BCUT2D eigenvalue weighted by molar-refractivity contribution is 7.89. The molecular weight excluding hydrogens is 364 g/mol. The molecule has 148 valence electrons. The third kappa shape index (κ3) is 4.39. The number of nitrogens with zero attached hydrogens (tertiary/aromatic N) is 3. The van der Waals surface area contributed by atoms with Crippen molar-refractivity contribution in [2.24, 2.45) is 0 Å². The van der Waals surface area contributed by atoms with Crippen LogP contribution in [0.3, 0.4) is 0 Å². The van der Waals surface area contributed by atoms with Crippen molar-refractivity contribution in [1.29, 1.82) is 0 Å². The summed E-state index contributed by atoms with van der Waals surface area (Å²) in [6, 6.07) is 4.06. The van der Waals surface area contributed by atoms with Gasteiger partial charge in [0.1, 0.15) is 4.90 Å². The number of anilines is 1. The van der Waals surface area contributed by atoms with Crippen LogP contribution in [0.1, 0.15) is 34.5 Å². The molecule has 0 spiro atoms. The maximum absolute atomic E-state index is 12.5. The summed E-state index contributed by atoms with van der Waals surface area (Å²) < 4.78 is 27.7. The van der Waals surface area contributed by atoms with Crippen molar-refractivity contribution < 1.29 is 13.2 Å². The zero-order valence-electron chi connectivity index (χ0n) is 17.0. The van der Waals surface area contributed by atoms with Crippen LogP contribution in [0.15, 0.2) is 17.0 Å². The average molecular weight is 393 g/mol. The lowest BCUT2D eigenvalue weighted by atomic mass is 10.1. The third-order valence-electron chi connectivity index (χ3n) is 4.55. The van der Waals surface area contributed by atoms with E-state index in [4.69, 9.17) is 0 Å². The summed E-state index contributed by atoms with van der Waals surface area (Å²) in [6.07, 6.45) is 0.205. The van der Waals surface area contributed by atoms with Crippen molar-refractivity contribution in [2.75, 3.05) is 19.4 Å². The van der Waals surface area contributed by atoms with Gasteiger partial charge in [-0.05, 0) is 45.7 Å². The van der Waals surface area contributed by atoms with Crippen molar-refractivity contribution in [1.82, 2.24) is 14.1 Å². The Morgan fingerprint density at radius 3 is 2.19 bits per heavy atom. The number of hydrogen-bond acceptors (Lipinski definition) is 4. The van der Waals surface area contributed by atoms with Crippen LogP contribution in [-0.2, 0) is 21.4 Å². The lowest BCUT2D eigenvalue weighted by Crippen LogP contribution is -2.23. The maximum atomic E-state index is 12.5. The van der Waals surface area contributed by atoms with Gasteiger partial charge in [-0.3, -0.25) is 9.48 Å². The zero-order chi connectivity index (χ0) is 20.5. The van der Waals surface area contributed by atoms with E-state index in [1.807, 2.05) is 32.9 Å². The number of nitrogens with one attached hydrogen (secondary N) is 1. The molecule has 27 heavy (non-hydrogen) atoms. The van der Waals surface area contributed by atoms with Crippen LogP contribution in [0.25, 0.3) is 0 Å². The molecule has 1 heterocycles. The highest BCUT2D eigenvalue weighted by Crippen LogP contribution is 2.23. The molecule has 8 heteroatoms. The fourth-order valence-electron chi connectivity index (χ4n) is 3.24. The molecule has 0 saturated carbocycles. The van der Waals surface area contributed by atoms with E-state index in [-0.39, 0.29) is 17.2 Å². The SMILES string of the molecule is Cc1cc(C)c(NC(=O)CCn2nc(C)c(S(=O)(=O)N(C)C)c2C)c(C)c1. The van der Waals surface area contributed by atoms with Crippen LogP contribution >= 0.6 is 0 Å². The largest absolute Gasteiger partial charge is 0.326 e. The monoisotopic (exact) mass is 392 g/mol. The molecule has 1 N–H and O–H groups in total. The highest BCUT2D eigenvalue weighted by atomic mass is 32.2. The van der Waals surface area contributed by atoms with E-state index >= 15 is 0 Å². The van der Waals surface area contributed by atoms with E-state index in [0.717, 1.165) is 22.4 Å². The predicted octanol–water partition coefficient (Wildman–Crippen LogP) is 2.70. The van der Waals surface area contributed by atoms with Crippen molar-refractivity contribution in [2.45, 2.75) is 52.5 Å². The Balaban J connectivity index is 2.15. The van der Waals surface area contributed by atoms with Gasteiger partial charge >= 0.3 is 0 Å². The molecule has 0 aliphatic carbocycles. The molecule has 1 amide bonds. The van der Waals surface area contributed by atoms with Gasteiger partial charge in [-0.1, -0.05) is 17.7 Å². The van der Waals surface area contributed by atoms with Crippen molar-refractivity contribution >= 4 is 21.6 Å². The van der Waals surface area contributed by atoms with E-state index in [1.165, 1.54) is 18.4 Å². The predicted molar refractivity (Wildman–Crippen MR) is 106 cm³/mol. The number of rotatable bonds is 6. The van der Waals surface area contributed by atoms with Gasteiger partial charge in [0.2, 0.25) is 15.9 Å². The van der Waals surface area contributed by atoms with Gasteiger partial charge in [-0.2, -0.15) is 5.10 Å². The molecule has 0 saturated heterocycles. The van der Waals surface area contributed by atoms with Crippen LogP contribution in [0, 0.1) is 34.6 Å². The van der Waals surface area contributed by atoms with E-state index in [9.17, 15) is 13.2 Å². The molecule has 2 aromatic rings. The maximum Gasteiger partial charge on any atom is 0.246 e. The normalized spacial score (nSPS) is 11.9. The van der Waals surface area contributed by atoms with Crippen LogP contribution in [0.4, 0.5) is 5.69 Å². The molecule has 0 bridgehead atoms. The lowest BCUT2D eigenvalue weighted by molar-refractivity contribution is -0.116.